The first-order valence-corrected chi connectivity index (χ1v) is 19.4. The molecule has 2 N–H and O–H groups in total. The summed E-state index contributed by atoms with van der Waals surface area (Å²) in [4.78, 5) is 61.4. The predicted octanol–water partition coefficient (Wildman–Crippen LogP) is 7.13. The number of H-pyrrole nitrogens is 2. The minimum Gasteiger partial charge on any atom is -0.456 e. The minimum absolute atomic E-state index is 0.0382. The molecule has 9 rings (SSSR count). The highest BCUT2D eigenvalue weighted by molar-refractivity contribution is 5.90. The van der Waals surface area contributed by atoms with E-state index in [1.165, 1.54) is 0 Å². The molecule has 4 atom stereocenters. The number of rotatable bonds is 12. The van der Waals surface area contributed by atoms with E-state index in [-0.39, 0.29) is 32.3 Å². The molecule has 6 aromatic rings. The number of benzene rings is 4. The average molecular weight is 777 g/mol. The van der Waals surface area contributed by atoms with Gasteiger partial charge >= 0.3 is 23.9 Å². The van der Waals surface area contributed by atoms with Crippen LogP contribution in [0.1, 0.15) is 46.2 Å². The molecule has 2 aromatic heterocycles. The maximum atomic E-state index is 13.9. The Morgan fingerprint density at radius 1 is 0.534 bits per heavy atom. The van der Waals surface area contributed by atoms with Gasteiger partial charge in [0, 0.05) is 34.2 Å². The third kappa shape index (κ3) is 7.68. The molecule has 0 spiro atoms. The standard InChI is InChI=1S/C47H40N2O9/c50-41(21-30-19-17-28-9-1-3-11-34(28)30)55-40-27-54-47(58-44(53)22-31-20-18-29-10-2-4-12-35(29)31)46(57-43(52)24-33-26-49-39-16-8-6-14-37(33)39)45(40)56-42(51)23-32-25-48-38-15-7-5-13-36(32)38/h1-16,19-20,25-26,40,45-49H,17-18,21-24,27H2/t40-,45-,46-,47+/m1/s1. The number of allylic oxidation sites excluding steroid dienone is 2. The Labute approximate surface area is 333 Å². The summed E-state index contributed by atoms with van der Waals surface area (Å²) in [6.45, 7) is -0.299. The number of aromatic nitrogens is 2. The van der Waals surface area contributed by atoms with E-state index in [4.69, 9.17) is 23.7 Å². The molecule has 3 aliphatic rings. The second kappa shape index (κ2) is 16.0. The highest BCUT2D eigenvalue weighted by atomic mass is 16.7. The summed E-state index contributed by atoms with van der Waals surface area (Å²) in [6.07, 6.45) is 2.86. The van der Waals surface area contributed by atoms with Crippen LogP contribution in [-0.2, 0) is 68.5 Å². The maximum absolute atomic E-state index is 13.9. The zero-order valence-corrected chi connectivity index (χ0v) is 31.5. The van der Waals surface area contributed by atoms with Crippen molar-refractivity contribution in [3.8, 4) is 0 Å². The molecular weight excluding hydrogens is 737 g/mol. The Balaban J connectivity index is 0.996. The zero-order chi connectivity index (χ0) is 39.6. The smallest absolute Gasteiger partial charge is 0.312 e. The van der Waals surface area contributed by atoms with Crippen molar-refractivity contribution in [2.24, 2.45) is 0 Å². The lowest BCUT2D eigenvalue weighted by Gasteiger charge is -2.40. The summed E-state index contributed by atoms with van der Waals surface area (Å²) in [5.74, 6) is -2.57. The maximum Gasteiger partial charge on any atom is 0.312 e. The Morgan fingerprint density at radius 2 is 1.00 bits per heavy atom. The lowest BCUT2D eigenvalue weighted by Crippen LogP contribution is -2.58. The van der Waals surface area contributed by atoms with Crippen LogP contribution in [0.15, 0.2) is 122 Å². The van der Waals surface area contributed by atoms with E-state index in [0.717, 1.165) is 55.2 Å². The molecule has 1 saturated heterocycles. The van der Waals surface area contributed by atoms with E-state index >= 15 is 0 Å². The summed E-state index contributed by atoms with van der Waals surface area (Å²) in [6, 6.07) is 30.8. The quantitative estimate of drug-likeness (QED) is 0.0980. The van der Waals surface area contributed by atoms with E-state index in [1.54, 1.807) is 12.4 Å². The number of fused-ring (bicyclic) bond motifs is 4. The van der Waals surface area contributed by atoms with Gasteiger partial charge in [0.1, 0.15) is 0 Å². The highest BCUT2D eigenvalue weighted by Crippen LogP contribution is 2.34. The summed E-state index contributed by atoms with van der Waals surface area (Å²) >= 11 is 0. The lowest BCUT2D eigenvalue weighted by atomic mass is 10.0. The largest absolute Gasteiger partial charge is 0.456 e. The molecule has 1 fully saturated rings. The van der Waals surface area contributed by atoms with E-state index < -0.39 is 48.5 Å². The van der Waals surface area contributed by atoms with Crippen molar-refractivity contribution in [3.63, 3.8) is 0 Å². The Morgan fingerprint density at radius 3 is 1.57 bits per heavy atom. The van der Waals surface area contributed by atoms with Gasteiger partial charge in [0.25, 0.3) is 0 Å². The molecule has 11 nitrogen and oxygen atoms in total. The van der Waals surface area contributed by atoms with Crippen molar-refractivity contribution in [1.29, 1.82) is 0 Å². The number of nitrogens with one attached hydrogen (secondary N) is 2. The summed E-state index contributed by atoms with van der Waals surface area (Å²) in [5.41, 5.74) is 8.83. The second-order valence-electron chi connectivity index (χ2n) is 14.7. The highest BCUT2D eigenvalue weighted by Gasteiger charge is 2.49. The number of hydrogen-bond donors (Lipinski definition) is 2. The van der Waals surface area contributed by atoms with E-state index in [2.05, 4.69) is 9.97 Å². The molecule has 2 aliphatic carbocycles. The molecule has 3 heterocycles. The van der Waals surface area contributed by atoms with Gasteiger partial charge < -0.3 is 33.7 Å². The molecule has 11 heteroatoms. The van der Waals surface area contributed by atoms with Gasteiger partial charge in [-0.05, 0) is 69.5 Å². The van der Waals surface area contributed by atoms with Gasteiger partial charge in [-0.1, -0.05) is 97.1 Å². The molecular formula is C47H40N2O9. The van der Waals surface area contributed by atoms with Crippen molar-refractivity contribution in [3.05, 3.63) is 155 Å². The van der Waals surface area contributed by atoms with Gasteiger partial charge in [-0.2, -0.15) is 0 Å². The van der Waals surface area contributed by atoms with Gasteiger partial charge in [0.05, 0.1) is 32.3 Å². The first-order chi connectivity index (χ1) is 28.4. The van der Waals surface area contributed by atoms with E-state index in [0.29, 0.717) is 24.0 Å². The molecule has 1 aliphatic heterocycles. The van der Waals surface area contributed by atoms with Crippen LogP contribution in [0, 0.1) is 0 Å². The Hall–Kier alpha value is -6.72. The van der Waals surface area contributed by atoms with Crippen molar-refractivity contribution in [1.82, 2.24) is 9.97 Å². The van der Waals surface area contributed by atoms with Gasteiger partial charge in [-0.3, -0.25) is 19.2 Å². The van der Waals surface area contributed by atoms with Crippen LogP contribution in [-0.4, -0.2) is 65.1 Å². The number of esters is 4. The fourth-order valence-corrected chi connectivity index (χ4v) is 8.20. The molecule has 0 bridgehead atoms. The summed E-state index contributed by atoms with van der Waals surface area (Å²) < 4.78 is 30.3. The summed E-state index contributed by atoms with van der Waals surface area (Å²) in [5, 5.41) is 1.68. The number of aromatic amines is 2. The number of para-hydroxylation sites is 2. The van der Waals surface area contributed by atoms with Crippen LogP contribution >= 0.6 is 0 Å². The Kier molecular flexibility index (Phi) is 10.2. The van der Waals surface area contributed by atoms with Crippen LogP contribution in [0.2, 0.25) is 0 Å². The number of ether oxygens (including phenoxy) is 5. The average Bonchev–Trinajstić information content (AvgIpc) is 4.03. The molecule has 0 saturated carbocycles. The van der Waals surface area contributed by atoms with Crippen molar-refractivity contribution in [2.45, 2.75) is 63.1 Å². The van der Waals surface area contributed by atoms with Gasteiger partial charge in [0.2, 0.25) is 12.4 Å². The first-order valence-electron chi connectivity index (χ1n) is 19.4. The molecule has 0 radical (unpaired) electrons. The molecule has 58 heavy (non-hydrogen) atoms. The topological polar surface area (TPSA) is 146 Å². The molecule has 0 unspecified atom stereocenters. The number of carbonyl (C=O) groups is 4. The SMILES string of the molecule is O=C(CC1=CCc2ccccc21)O[C@@H]1OC[C@@H](OC(=O)CC2=CCc3ccccc32)[C@@H](OC(=O)Cc2c[nH]c3ccccc23)[C@H]1OC(=O)Cc1c[nH]c2ccccc12. The van der Waals surface area contributed by atoms with E-state index in [9.17, 15) is 19.2 Å². The second-order valence-corrected chi connectivity index (χ2v) is 14.7. The van der Waals surface area contributed by atoms with Crippen molar-refractivity contribution < 1.29 is 42.9 Å². The lowest BCUT2D eigenvalue weighted by molar-refractivity contribution is -0.274. The minimum atomic E-state index is -1.49. The summed E-state index contributed by atoms with van der Waals surface area (Å²) in [7, 11) is 0. The van der Waals surface area contributed by atoms with Crippen LogP contribution < -0.4 is 0 Å². The zero-order valence-electron chi connectivity index (χ0n) is 31.5. The van der Waals surface area contributed by atoms with Crippen molar-refractivity contribution >= 4 is 56.8 Å². The van der Waals surface area contributed by atoms with Crippen LogP contribution in [0.25, 0.3) is 33.0 Å². The van der Waals surface area contributed by atoms with Crippen LogP contribution in [0.5, 0.6) is 0 Å². The molecule has 0 amide bonds. The number of carbonyl (C=O) groups excluding carboxylic acids is 4. The normalized spacial score (nSPS) is 19.5. The predicted molar refractivity (Wildman–Crippen MR) is 215 cm³/mol. The van der Waals surface area contributed by atoms with Gasteiger partial charge in [-0.15, -0.1) is 0 Å². The monoisotopic (exact) mass is 776 g/mol. The number of hydrogen-bond acceptors (Lipinski definition) is 9. The fourth-order valence-electron chi connectivity index (χ4n) is 8.20. The van der Waals surface area contributed by atoms with Gasteiger partial charge in [0.15, 0.2) is 12.2 Å². The fraction of sp³-hybridized carbons (Fsp3) is 0.234. The third-order valence-electron chi connectivity index (χ3n) is 11.0. The van der Waals surface area contributed by atoms with Crippen LogP contribution in [0.4, 0.5) is 0 Å². The van der Waals surface area contributed by atoms with E-state index in [1.807, 2.05) is 109 Å². The van der Waals surface area contributed by atoms with Crippen LogP contribution in [0.3, 0.4) is 0 Å². The molecule has 292 valence electrons. The first kappa shape index (κ1) is 36.9. The Bertz CT molecular complexity index is 2440. The third-order valence-corrected chi connectivity index (χ3v) is 11.0. The van der Waals surface area contributed by atoms with Gasteiger partial charge in [-0.25, -0.2) is 0 Å². The molecule has 4 aromatic carbocycles. The van der Waals surface area contributed by atoms with Crippen molar-refractivity contribution in [2.75, 3.05) is 6.61 Å².